The van der Waals surface area contributed by atoms with Gasteiger partial charge in [0.05, 0.1) is 5.92 Å². The number of nitrogens with one attached hydrogen (secondary N) is 1. The standard InChI is InChI=1S/C27H21NO/c29-27(28-25-15-7-9-17-8-1-2-10-18(17)25)24-16-23-19-11-3-5-13-21(19)26(24)22-14-6-4-12-20(22)23/h1-15,23-24,26H,16H2,(H,28,29)/t23?,24-,26?/m1/s1. The van der Waals surface area contributed by atoms with Gasteiger partial charge < -0.3 is 5.32 Å². The fraction of sp³-hybridized carbons (Fsp3) is 0.148. The predicted molar refractivity (Wildman–Crippen MR) is 117 cm³/mol. The normalized spacial score (nSPS) is 21.4. The van der Waals surface area contributed by atoms with E-state index in [-0.39, 0.29) is 17.7 Å². The lowest BCUT2D eigenvalue weighted by atomic mass is 9.59. The van der Waals surface area contributed by atoms with Gasteiger partial charge in [0, 0.05) is 22.9 Å². The van der Waals surface area contributed by atoms with Crippen molar-refractivity contribution in [3.8, 4) is 0 Å². The lowest BCUT2D eigenvalue weighted by Crippen LogP contribution is -2.38. The van der Waals surface area contributed by atoms with Crippen LogP contribution in [0.5, 0.6) is 0 Å². The van der Waals surface area contributed by atoms with Crippen LogP contribution in [0.25, 0.3) is 10.8 Å². The molecule has 0 saturated carbocycles. The smallest absolute Gasteiger partial charge is 0.228 e. The maximum atomic E-state index is 13.5. The van der Waals surface area contributed by atoms with E-state index in [0.717, 1.165) is 22.9 Å². The van der Waals surface area contributed by atoms with Gasteiger partial charge in [0.1, 0.15) is 0 Å². The maximum Gasteiger partial charge on any atom is 0.228 e. The zero-order valence-corrected chi connectivity index (χ0v) is 16.0. The van der Waals surface area contributed by atoms with Crippen LogP contribution in [0.2, 0.25) is 0 Å². The third-order valence-electron chi connectivity index (χ3n) is 6.69. The average molecular weight is 375 g/mol. The molecule has 0 saturated heterocycles. The molecule has 0 spiro atoms. The Hall–Kier alpha value is -3.39. The van der Waals surface area contributed by atoms with E-state index in [0.29, 0.717) is 5.92 Å². The summed E-state index contributed by atoms with van der Waals surface area (Å²) in [5, 5.41) is 5.49. The molecule has 2 nitrogen and oxygen atoms in total. The molecule has 7 rings (SSSR count). The molecular formula is C27H21NO. The zero-order chi connectivity index (χ0) is 19.4. The van der Waals surface area contributed by atoms with Crippen LogP contribution in [0.1, 0.15) is 40.5 Å². The third kappa shape index (κ3) is 2.45. The van der Waals surface area contributed by atoms with Gasteiger partial charge in [-0.25, -0.2) is 0 Å². The second-order valence-electron chi connectivity index (χ2n) is 8.15. The number of amides is 1. The van der Waals surface area contributed by atoms with E-state index in [2.05, 4.69) is 72.0 Å². The number of carbonyl (C=O) groups excluding carboxylic acids is 1. The Bertz CT molecular complexity index is 1210. The molecular weight excluding hydrogens is 354 g/mol. The van der Waals surface area contributed by atoms with E-state index in [1.165, 1.54) is 22.3 Å². The van der Waals surface area contributed by atoms with Crippen LogP contribution in [0.15, 0.2) is 91.0 Å². The SMILES string of the molecule is O=C(Nc1cccc2ccccc12)[C@@H]1CC2c3ccccc3C1c1ccccc12. The van der Waals surface area contributed by atoms with Gasteiger partial charge in [-0.3, -0.25) is 4.79 Å². The van der Waals surface area contributed by atoms with Crippen molar-refractivity contribution >= 4 is 22.4 Å². The summed E-state index contributed by atoms with van der Waals surface area (Å²) in [4.78, 5) is 13.5. The number of fused-ring (bicyclic) bond motifs is 2. The average Bonchev–Trinajstić information content (AvgIpc) is 2.79. The number of anilines is 1. The Morgan fingerprint density at radius 1 is 0.690 bits per heavy atom. The van der Waals surface area contributed by atoms with Crippen LogP contribution in [0.4, 0.5) is 5.69 Å². The van der Waals surface area contributed by atoms with Gasteiger partial charge in [0.2, 0.25) is 5.91 Å². The highest BCUT2D eigenvalue weighted by molar-refractivity contribution is 6.03. The Morgan fingerprint density at radius 3 is 2.00 bits per heavy atom. The van der Waals surface area contributed by atoms with Crippen molar-refractivity contribution in [1.29, 1.82) is 0 Å². The van der Waals surface area contributed by atoms with E-state index >= 15 is 0 Å². The van der Waals surface area contributed by atoms with Crippen LogP contribution in [-0.4, -0.2) is 5.91 Å². The molecule has 0 aromatic heterocycles. The zero-order valence-electron chi connectivity index (χ0n) is 16.0. The largest absolute Gasteiger partial charge is 0.325 e. The van der Waals surface area contributed by atoms with Gasteiger partial charge in [-0.15, -0.1) is 0 Å². The molecule has 0 fully saturated rings. The van der Waals surface area contributed by atoms with Crippen molar-refractivity contribution in [1.82, 2.24) is 0 Å². The lowest BCUT2D eigenvalue weighted by molar-refractivity contribution is -0.121. The summed E-state index contributed by atoms with van der Waals surface area (Å²) in [7, 11) is 0. The summed E-state index contributed by atoms with van der Waals surface area (Å²) >= 11 is 0. The minimum atomic E-state index is -0.0521. The van der Waals surface area contributed by atoms with E-state index in [1.807, 2.05) is 24.3 Å². The van der Waals surface area contributed by atoms with Crippen LogP contribution in [0, 0.1) is 5.92 Å². The molecule has 4 aromatic rings. The highest BCUT2D eigenvalue weighted by Crippen LogP contribution is 2.55. The van der Waals surface area contributed by atoms with Crippen molar-refractivity contribution in [3.63, 3.8) is 0 Å². The Labute approximate surface area is 170 Å². The number of carbonyl (C=O) groups is 1. The molecule has 140 valence electrons. The molecule has 2 bridgehead atoms. The first-order valence-corrected chi connectivity index (χ1v) is 10.3. The Balaban J connectivity index is 1.42. The summed E-state index contributed by atoms with van der Waals surface area (Å²) in [6, 6.07) is 31.6. The first-order valence-electron chi connectivity index (χ1n) is 10.3. The van der Waals surface area contributed by atoms with E-state index < -0.39 is 0 Å². The van der Waals surface area contributed by atoms with Crippen LogP contribution >= 0.6 is 0 Å². The van der Waals surface area contributed by atoms with Gasteiger partial charge in [0.15, 0.2) is 0 Å². The minimum Gasteiger partial charge on any atom is -0.325 e. The van der Waals surface area contributed by atoms with Gasteiger partial charge in [0.25, 0.3) is 0 Å². The summed E-state index contributed by atoms with van der Waals surface area (Å²) in [5.41, 5.74) is 6.33. The molecule has 3 aliphatic rings. The van der Waals surface area contributed by atoms with Crippen LogP contribution < -0.4 is 5.32 Å². The fourth-order valence-electron chi connectivity index (χ4n) is 5.45. The molecule has 4 aromatic carbocycles. The number of rotatable bonds is 2. The minimum absolute atomic E-state index is 0.0521. The van der Waals surface area contributed by atoms with Crippen molar-refractivity contribution in [3.05, 3.63) is 113 Å². The fourth-order valence-corrected chi connectivity index (χ4v) is 5.45. The van der Waals surface area contributed by atoms with E-state index in [9.17, 15) is 4.79 Å². The Morgan fingerprint density at radius 2 is 1.28 bits per heavy atom. The van der Waals surface area contributed by atoms with Crippen molar-refractivity contribution in [2.45, 2.75) is 18.3 Å². The molecule has 0 unspecified atom stereocenters. The van der Waals surface area contributed by atoms with Gasteiger partial charge in [-0.1, -0.05) is 84.9 Å². The molecule has 0 aliphatic heterocycles. The molecule has 0 heterocycles. The summed E-state index contributed by atoms with van der Waals surface area (Å²) in [5.74, 6) is 0.502. The topological polar surface area (TPSA) is 29.1 Å². The monoisotopic (exact) mass is 375 g/mol. The summed E-state index contributed by atoms with van der Waals surface area (Å²) in [6.07, 6.45) is 0.870. The van der Waals surface area contributed by atoms with E-state index in [1.54, 1.807) is 0 Å². The lowest BCUT2D eigenvalue weighted by Gasteiger charge is -2.44. The molecule has 1 N–H and O–H groups in total. The van der Waals surface area contributed by atoms with Crippen molar-refractivity contribution < 1.29 is 4.79 Å². The molecule has 2 heteroatoms. The second-order valence-corrected chi connectivity index (χ2v) is 8.15. The molecule has 29 heavy (non-hydrogen) atoms. The highest BCUT2D eigenvalue weighted by Gasteiger charge is 2.45. The van der Waals surface area contributed by atoms with Crippen molar-refractivity contribution in [2.75, 3.05) is 5.32 Å². The Kier molecular flexibility index (Phi) is 3.60. The number of hydrogen-bond acceptors (Lipinski definition) is 1. The van der Waals surface area contributed by atoms with Gasteiger partial charge in [-0.2, -0.15) is 0 Å². The highest BCUT2D eigenvalue weighted by atomic mass is 16.1. The number of benzene rings is 4. The van der Waals surface area contributed by atoms with E-state index in [4.69, 9.17) is 0 Å². The summed E-state index contributed by atoms with van der Waals surface area (Å²) < 4.78 is 0. The maximum absolute atomic E-state index is 13.5. The molecule has 1 amide bonds. The summed E-state index contributed by atoms with van der Waals surface area (Å²) in [6.45, 7) is 0. The third-order valence-corrected chi connectivity index (χ3v) is 6.69. The first kappa shape index (κ1) is 16.6. The van der Waals surface area contributed by atoms with Gasteiger partial charge in [-0.05, 0) is 40.1 Å². The number of hydrogen-bond donors (Lipinski definition) is 1. The quantitative estimate of drug-likeness (QED) is 0.452. The van der Waals surface area contributed by atoms with Gasteiger partial charge >= 0.3 is 0 Å². The molecule has 1 atom stereocenters. The van der Waals surface area contributed by atoms with Crippen LogP contribution in [-0.2, 0) is 4.79 Å². The predicted octanol–water partition coefficient (Wildman–Crippen LogP) is 6.08. The van der Waals surface area contributed by atoms with Crippen LogP contribution in [0.3, 0.4) is 0 Å². The molecule has 0 radical (unpaired) electrons. The second kappa shape index (κ2) is 6.31. The van der Waals surface area contributed by atoms with Crippen molar-refractivity contribution in [2.24, 2.45) is 5.92 Å². The molecule has 3 aliphatic carbocycles. The first-order chi connectivity index (χ1) is 14.3.